The molecule has 146 valence electrons. The van der Waals surface area contributed by atoms with E-state index >= 15 is 0 Å². The average Bonchev–Trinajstić information content (AvgIpc) is 2.69. The average molecular weight is 370 g/mol. The molecule has 0 heterocycles. The topological polar surface area (TPSA) is 41.9 Å². The van der Waals surface area contributed by atoms with Gasteiger partial charge in [0.05, 0.1) is 19.8 Å². The van der Waals surface area contributed by atoms with Crippen LogP contribution in [0.15, 0.2) is 42.5 Å². The van der Waals surface area contributed by atoms with Crippen molar-refractivity contribution in [1.82, 2.24) is 0 Å². The number of hydrogen-bond donors (Lipinski definition) is 1. The first-order chi connectivity index (χ1) is 13.0. The van der Waals surface area contributed by atoms with Gasteiger partial charge >= 0.3 is 0 Å². The highest BCUT2D eigenvalue weighted by molar-refractivity contribution is 5.53. The fourth-order valence-corrected chi connectivity index (χ4v) is 4.37. The van der Waals surface area contributed by atoms with Gasteiger partial charge in [-0.2, -0.15) is 0 Å². The number of benzene rings is 2. The first-order valence-electron chi connectivity index (χ1n) is 9.69. The summed E-state index contributed by atoms with van der Waals surface area (Å²) in [6, 6.07) is 14.3. The molecular formula is C23H31NO3. The van der Waals surface area contributed by atoms with Gasteiger partial charge in [-0.3, -0.25) is 0 Å². The number of anilines is 1. The fraction of sp³-hybridized carbons (Fsp3) is 0.478. The minimum atomic E-state index is -0.850. The zero-order valence-corrected chi connectivity index (χ0v) is 16.9. The maximum absolute atomic E-state index is 11.8. The van der Waals surface area contributed by atoms with Crippen LogP contribution in [0.2, 0.25) is 0 Å². The molecule has 0 spiro atoms. The number of aliphatic hydroxyl groups is 1. The Hall–Kier alpha value is -2.20. The summed E-state index contributed by atoms with van der Waals surface area (Å²) in [6.07, 6.45) is 4.85. The third kappa shape index (κ3) is 3.91. The van der Waals surface area contributed by atoms with Crippen LogP contribution in [-0.4, -0.2) is 33.4 Å². The summed E-state index contributed by atoms with van der Waals surface area (Å²) in [6.45, 7) is 0. The molecule has 2 aromatic rings. The molecule has 1 saturated carbocycles. The van der Waals surface area contributed by atoms with Gasteiger partial charge in [-0.15, -0.1) is 0 Å². The van der Waals surface area contributed by atoms with Crippen LogP contribution in [0, 0.1) is 5.92 Å². The third-order valence-electron chi connectivity index (χ3n) is 5.86. The van der Waals surface area contributed by atoms with E-state index in [9.17, 15) is 5.11 Å². The summed E-state index contributed by atoms with van der Waals surface area (Å²) >= 11 is 0. The number of rotatable bonds is 6. The van der Waals surface area contributed by atoms with Crippen molar-refractivity contribution in [3.05, 3.63) is 53.6 Å². The van der Waals surface area contributed by atoms with E-state index in [1.807, 2.05) is 18.2 Å². The molecule has 4 nitrogen and oxygen atoms in total. The molecule has 0 aliphatic heterocycles. The molecule has 0 bridgehead atoms. The minimum Gasteiger partial charge on any atom is -0.493 e. The molecule has 0 saturated heterocycles. The van der Waals surface area contributed by atoms with Crippen LogP contribution >= 0.6 is 0 Å². The highest BCUT2D eigenvalue weighted by atomic mass is 16.5. The van der Waals surface area contributed by atoms with Crippen LogP contribution in [0.1, 0.15) is 36.8 Å². The lowest BCUT2D eigenvalue weighted by Crippen LogP contribution is -2.39. The molecule has 1 N–H and O–H groups in total. The number of ether oxygens (including phenoxy) is 2. The Labute approximate surface area is 162 Å². The Balaban J connectivity index is 1.95. The summed E-state index contributed by atoms with van der Waals surface area (Å²) in [5.74, 6) is 1.53. The number of hydrogen-bond acceptors (Lipinski definition) is 4. The van der Waals surface area contributed by atoms with Gasteiger partial charge in [-0.25, -0.2) is 0 Å². The van der Waals surface area contributed by atoms with E-state index in [1.54, 1.807) is 14.2 Å². The lowest BCUT2D eigenvalue weighted by atomic mass is 9.69. The molecule has 0 amide bonds. The maximum atomic E-state index is 11.8. The molecule has 2 unspecified atom stereocenters. The molecule has 0 aromatic heterocycles. The normalized spacial score (nSPS) is 22.3. The third-order valence-corrected chi connectivity index (χ3v) is 5.86. The lowest BCUT2D eigenvalue weighted by molar-refractivity contribution is -0.0543. The Morgan fingerprint density at radius 2 is 1.78 bits per heavy atom. The Bertz CT molecular complexity index is 774. The summed E-state index contributed by atoms with van der Waals surface area (Å²) in [4.78, 5) is 2.15. The van der Waals surface area contributed by atoms with Gasteiger partial charge in [0.1, 0.15) is 0 Å². The van der Waals surface area contributed by atoms with Crippen molar-refractivity contribution in [2.24, 2.45) is 5.92 Å². The Kier molecular flexibility index (Phi) is 5.95. The quantitative estimate of drug-likeness (QED) is 0.820. The molecule has 4 heteroatoms. The van der Waals surface area contributed by atoms with E-state index in [4.69, 9.17) is 9.47 Å². The second-order valence-electron chi connectivity index (χ2n) is 7.66. The molecule has 2 aromatic carbocycles. The summed E-state index contributed by atoms with van der Waals surface area (Å²) in [7, 11) is 7.41. The Morgan fingerprint density at radius 3 is 2.48 bits per heavy atom. The van der Waals surface area contributed by atoms with Gasteiger partial charge in [0.15, 0.2) is 11.5 Å². The predicted molar refractivity (Wildman–Crippen MR) is 110 cm³/mol. The monoisotopic (exact) mass is 369 g/mol. The van der Waals surface area contributed by atoms with Gasteiger partial charge in [-0.1, -0.05) is 37.1 Å². The summed E-state index contributed by atoms with van der Waals surface area (Å²) < 4.78 is 10.8. The highest BCUT2D eigenvalue weighted by Crippen LogP contribution is 2.45. The van der Waals surface area contributed by atoms with Crippen LogP contribution in [0.5, 0.6) is 11.5 Å². The molecule has 1 aliphatic carbocycles. The van der Waals surface area contributed by atoms with Crippen LogP contribution < -0.4 is 14.4 Å². The molecule has 1 aliphatic rings. The van der Waals surface area contributed by atoms with Crippen LogP contribution in [0.4, 0.5) is 5.69 Å². The van der Waals surface area contributed by atoms with Crippen molar-refractivity contribution in [3.63, 3.8) is 0 Å². The van der Waals surface area contributed by atoms with Crippen molar-refractivity contribution in [2.75, 3.05) is 33.2 Å². The van der Waals surface area contributed by atoms with E-state index in [0.29, 0.717) is 11.5 Å². The fourth-order valence-electron chi connectivity index (χ4n) is 4.37. The standard InChI is InChI=1S/C23H31NO3/c1-24(2)20-11-6-5-9-17(20)15-18-10-7-8-14-23(18,25)19-12-13-21(26-3)22(16-19)27-4/h5-6,9,11-13,16,18,25H,7-8,10,14-15H2,1-4H3. The van der Waals surface area contributed by atoms with E-state index in [2.05, 4.69) is 43.3 Å². The number of para-hydroxylation sites is 1. The van der Waals surface area contributed by atoms with Crippen LogP contribution in [0.3, 0.4) is 0 Å². The number of nitrogens with zero attached hydrogens (tertiary/aromatic N) is 1. The highest BCUT2D eigenvalue weighted by Gasteiger charge is 2.41. The van der Waals surface area contributed by atoms with Gasteiger partial charge in [-0.05, 0) is 54.5 Å². The summed E-state index contributed by atoms with van der Waals surface area (Å²) in [5.41, 5.74) is 2.58. The van der Waals surface area contributed by atoms with E-state index in [-0.39, 0.29) is 5.92 Å². The van der Waals surface area contributed by atoms with Gasteiger partial charge in [0.25, 0.3) is 0 Å². The van der Waals surface area contributed by atoms with Crippen LogP contribution in [0.25, 0.3) is 0 Å². The van der Waals surface area contributed by atoms with Crippen molar-refractivity contribution >= 4 is 5.69 Å². The second kappa shape index (κ2) is 8.22. The van der Waals surface area contributed by atoms with E-state index in [0.717, 1.165) is 37.7 Å². The SMILES string of the molecule is COc1ccc(C2(O)CCCCC2Cc2ccccc2N(C)C)cc1OC. The van der Waals surface area contributed by atoms with Crippen molar-refractivity contribution < 1.29 is 14.6 Å². The minimum absolute atomic E-state index is 0.172. The van der Waals surface area contributed by atoms with Crippen LogP contribution in [-0.2, 0) is 12.0 Å². The molecule has 27 heavy (non-hydrogen) atoms. The summed E-state index contributed by atoms with van der Waals surface area (Å²) in [5, 5.41) is 11.8. The molecule has 1 fully saturated rings. The van der Waals surface area contributed by atoms with Crippen molar-refractivity contribution in [3.8, 4) is 11.5 Å². The van der Waals surface area contributed by atoms with Crippen molar-refractivity contribution in [2.45, 2.75) is 37.7 Å². The van der Waals surface area contributed by atoms with E-state index < -0.39 is 5.60 Å². The Morgan fingerprint density at radius 1 is 1.04 bits per heavy atom. The number of methoxy groups -OCH3 is 2. The molecular weight excluding hydrogens is 338 g/mol. The molecule has 3 rings (SSSR count). The van der Waals surface area contributed by atoms with Crippen molar-refractivity contribution in [1.29, 1.82) is 0 Å². The first-order valence-corrected chi connectivity index (χ1v) is 9.69. The van der Waals surface area contributed by atoms with Gasteiger partial charge < -0.3 is 19.5 Å². The van der Waals surface area contributed by atoms with E-state index in [1.165, 1.54) is 11.3 Å². The lowest BCUT2D eigenvalue weighted by Gasteiger charge is -2.41. The molecule has 2 atom stereocenters. The predicted octanol–water partition coefficient (Wildman–Crippen LogP) is 4.39. The zero-order valence-electron chi connectivity index (χ0n) is 16.9. The second-order valence-corrected chi connectivity index (χ2v) is 7.66. The first kappa shape index (κ1) is 19.6. The largest absolute Gasteiger partial charge is 0.493 e. The maximum Gasteiger partial charge on any atom is 0.161 e. The van der Waals surface area contributed by atoms with Gasteiger partial charge in [0, 0.05) is 19.8 Å². The molecule has 0 radical (unpaired) electrons. The zero-order chi connectivity index (χ0) is 19.4. The smallest absolute Gasteiger partial charge is 0.161 e. The van der Waals surface area contributed by atoms with Gasteiger partial charge in [0.2, 0.25) is 0 Å².